The van der Waals surface area contributed by atoms with Crippen LogP contribution in [-0.2, 0) is 4.74 Å². The minimum absolute atomic E-state index is 0.140. The molecule has 0 saturated carbocycles. The van der Waals surface area contributed by atoms with E-state index in [2.05, 4.69) is 15.9 Å². The molecule has 0 radical (unpaired) electrons. The molecule has 4 nitrogen and oxygen atoms in total. The summed E-state index contributed by atoms with van der Waals surface area (Å²) in [7, 11) is 0. The smallest absolute Gasteiger partial charge is 0.338 e. The van der Waals surface area contributed by atoms with Crippen LogP contribution in [0, 0.1) is 0 Å². The molecule has 2 N–H and O–H groups in total. The molecule has 0 aromatic heterocycles. The maximum absolute atomic E-state index is 11.8. The molecule has 110 valence electrons. The molecular formula is C15H13BrClNO3. The Labute approximate surface area is 135 Å². The first-order valence-corrected chi connectivity index (χ1v) is 7.33. The number of ether oxygens (including phenoxy) is 2. The molecule has 2 aromatic rings. The fourth-order valence-corrected chi connectivity index (χ4v) is 2.15. The van der Waals surface area contributed by atoms with Gasteiger partial charge in [0.25, 0.3) is 0 Å². The van der Waals surface area contributed by atoms with E-state index < -0.39 is 5.97 Å². The highest BCUT2D eigenvalue weighted by molar-refractivity contribution is 9.10. The third kappa shape index (κ3) is 4.95. The number of hydrogen-bond donors (Lipinski definition) is 1. The van der Waals surface area contributed by atoms with Gasteiger partial charge in [-0.3, -0.25) is 0 Å². The summed E-state index contributed by atoms with van der Waals surface area (Å²) in [6.07, 6.45) is 0. The maximum Gasteiger partial charge on any atom is 0.338 e. The van der Waals surface area contributed by atoms with E-state index in [1.165, 1.54) is 12.1 Å². The van der Waals surface area contributed by atoms with Crippen molar-refractivity contribution < 1.29 is 14.3 Å². The highest BCUT2D eigenvalue weighted by atomic mass is 79.9. The van der Waals surface area contributed by atoms with Crippen LogP contribution in [0.2, 0.25) is 5.02 Å². The Morgan fingerprint density at radius 2 is 1.86 bits per heavy atom. The van der Waals surface area contributed by atoms with Gasteiger partial charge in [-0.25, -0.2) is 4.79 Å². The molecule has 0 aliphatic heterocycles. The van der Waals surface area contributed by atoms with E-state index in [4.69, 9.17) is 26.8 Å². The van der Waals surface area contributed by atoms with E-state index in [1.54, 1.807) is 6.07 Å². The Bertz CT molecular complexity index is 611. The Morgan fingerprint density at radius 1 is 1.14 bits per heavy atom. The minimum Gasteiger partial charge on any atom is -0.490 e. The molecule has 2 rings (SSSR count). The average molecular weight is 371 g/mol. The molecule has 2 aromatic carbocycles. The van der Waals surface area contributed by atoms with Crippen molar-refractivity contribution in [1.29, 1.82) is 0 Å². The van der Waals surface area contributed by atoms with Crippen molar-refractivity contribution in [2.45, 2.75) is 0 Å². The second kappa shape index (κ2) is 7.33. The molecule has 0 amide bonds. The monoisotopic (exact) mass is 369 g/mol. The van der Waals surface area contributed by atoms with E-state index in [1.807, 2.05) is 24.3 Å². The molecule has 0 atom stereocenters. The van der Waals surface area contributed by atoms with Crippen LogP contribution in [0.15, 0.2) is 46.9 Å². The summed E-state index contributed by atoms with van der Waals surface area (Å²) in [5.41, 5.74) is 6.36. The van der Waals surface area contributed by atoms with Crippen molar-refractivity contribution in [2.75, 3.05) is 18.9 Å². The van der Waals surface area contributed by atoms with Crippen molar-refractivity contribution in [3.05, 3.63) is 57.5 Å². The summed E-state index contributed by atoms with van der Waals surface area (Å²) < 4.78 is 11.5. The van der Waals surface area contributed by atoms with Crippen LogP contribution in [0.5, 0.6) is 5.75 Å². The fraction of sp³-hybridized carbons (Fsp3) is 0.133. The fourth-order valence-electron chi connectivity index (χ4n) is 1.64. The number of benzene rings is 2. The first-order valence-electron chi connectivity index (χ1n) is 6.16. The van der Waals surface area contributed by atoms with E-state index >= 15 is 0 Å². The number of nitrogens with two attached hydrogens (primary N) is 1. The zero-order valence-corrected chi connectivity index (χ0v) is 13.4. The van der Waals surface area contributed by atoms with Gasteiger partial charge in [0.1, 0.15) is 19.0 Å². The van der Waals surface area contributed by atoms with Crippen LogP contribution in [0.3, 0.4) is 0 Å². The Kier molecular flexibility index (Phi) is 5.47. The second-order valence-electron chi connectivity index (χ2n) is 4.21. The van der Waals surface area contributed by atoms with Crippen LogP contribution in [-0.4, -0.2) is 19.2 Å². The van der Waals surface area contributed by atoms with Crippen LogP contribution in [0.1, 0.15) is 10.4 Å². The highest BCUT2D eigenvalue weighted by Crippen LogP contribution is 2.18. The van der Waals surface area contributed by atoms with Gasteiger partial charge >= 0.3 is 5.97 Å². The largest absolute Gasteiger partial charge is 0.490 e. The number of esters is 1. The van der Waals surface area contributed by atoms with Gasteiger partial charge in [0.15, 0.2) is 0 Å². The molecule has 0 spiro atoms. The quantitative estimate of drug-likeness (QED) is 0.492. The molecule has 0 aliphatic carbocycles. The number of halogens is 2. The number of rotatable bonds is 5. The Hall–Kier alpha value is -1.72. The lowest BCUT2D eigenvalue weighted by atomic mass is 10.2. The first kappa shape index (κ1) is 15.7. The summed E-state index contributed by atoms with van der Waals surface area (Å²) in [6, 6.07) is 12.0. The van der Waals surface area contributed by atoms with Gasteiger partial charge in [-0.05, 0) is 42.5 Å². The van der Waals surface area contributed by atoms with E-state index in [0.717, 1.165) is 4.47 Å². The lowest BCUT2D eigenvalue weighted by Gasteiger charge is -2.08. The number of nitrogen functional groups attached to an aromatic ring is 1. The van der Waals surface area contributed by atoms with Crippen molar-refractivity contribution in [3.63, 3.8) is 0 Å². The topological polar surface area (TPSA) is 61.6 Å². The summed E-state index contributed by atoms with van der Waals surface area (Å²) in [4.78, 5) is 11.8. The Morgan fingerprint density at radius 3 is 2.52 bits per heavy atom. The zero-order chi connectivity index (χ0) is 15.2. The molecule has 0 aliphatic rings. The molecule has 0 fully saturated rings. The van der Waals surface area contributed by atoms with E-state index in [-0.39, 0.29) is 13.2 Å². The third-order valence-electron chi connectivity index (χ3n) is 2.55. The van der Waals surface area contributed by atoms with Crippen molar-refractivity contribution in [1.82, 2.24) is 0 Å². The van der Waals surface area contributed by atoms with E-state index in [0.29, 0.717) is 22.0 Å². The van der Waals surface area contributed by atoms with Crippen molar-refractivity contribution in [3.8, 4) is 5.75 Å². The van der Waals surface area contributed by atoms with Crippen molar-refractivity contribution in [2.24, 2.45) is 0 Å². The van der Waals surface area contributed by atoms with Crippen LogP contribution < -0.4 is 10.5 Å². The molecule has 0 bridgehead atoms. The molecule has 0 saturated heterocycles. The highest BCUT2D eigenvalue weighted by Gasteiger charge is 2.09. The Balaban J connectivity index is 1.80. The molecule has 21 heavy (non-hydrogen) atoms. The lowest BCUT2D eigenvalue weighted by molar-refractivity contribution is 0.0450. The zero-order valence-electron chi connectivity index (χ0n) is 11.0. The van der Waals surface area contributed by atoms with E-state index in [9.17, 15) is 4.79 Å². The summed E-state index contributed by atoms with van der Waals surface area (Å²) >= 11 is 9.17. The van der Waals surface area contributed by atoms with Crippen LogP contribution in [0.4, 0.5) is 5.69 Å². The molecular weight excluding hydrogens is 358 g/mol. The van der Waals surface area contributed by atoms with Gasteiger partial charge < -0.3 is 15.2 Å². The first-order chi connectivity index (χ1) is 10.0. The average Bonchev–Trinajstić information content (AvgIpc) is 2.44. The molecule has 0 heterocycles. The van der Waals surface area contributed by atoms with Gasteiger partial charge in [0.2, 0.25) is 0 Å². The standard InChI is InChI=1S/C15H13BrClNO3/c16-11-1-3-14(4-2-11)20-5-6-21-15(19)10-7-12(17)9-13(18)8-10/h1-4,7-9H,5-6,18H2. The SMILES string of the molecule is Nc1cc(Cl)cc(C(=O)OCCOc2ccc(Br)cc2)c1. The van der Waals surface area contributed by atoms with Crippen LogP contribution in [0.25, 0.3) is 0 Å². The number of hydrogen-bond acceptors (Lipinski definition) is 4. The third-order valence-corrected chi connectivity index (χ3v) is 3.30. The van der Waals surface area contributed by atoms with Gasteiger partial charge in [-0.15, -0.1) is 0 Å². The molecule has 6 heteroatoms. The number of carbonyl (C=O) groups excluding carboxylic acids is 1. The summed E-state index contributed by atoms with van der Waals surface area (Å²) in [5.74, 6) is 0.227. The van der Waals surface area contributed by atoms with Crippen molar-refractivity contribution >= 4 is 39.2 Å². The summed E-state index contributed by atoms with van der Waals surface area (Å²) in [6.45, 7) is 0.407. The second-order valence-corrected chi connectivity index (χ2v) is 5.56. The van der Waals surface area contributed by atoms with Gasteiger partial charge in [0.05, 0.1) is 5.56 Å². The minimum atomic E-state index is -0.483. The number of anilines is 1. The predicted octanol–water partition coefficient (Wildman–Crippen LogP) is 3.92. The number of carbonyl (C=O) groups is 1. The van der Waals surface area contributed by atoms with Gasteiger partial charge in [-0.2, -0.15) is 0 Å². The molecule has 0 unspecified atom stereocenters. The normalized spacial score (nSPS) is 10.2. The summed E-state index contributed by atoms with van der Waals surface area (Å²) in [5, 5.41) is 0.396. The predicted molar refractivity (Wildman–Crippen MR) is 85.8 cm³/mol. The maximum atomic E-state index is 11.8. The van der Waals surface area contributed by atoms with Gasteiger partial charge in [-0.1, -0.05) is 27.5 Å². The van der Waals surface area contributed by atoms with Gasteiger partial charge in [0, 0.05) is 15.2 Å². The van der Waals surface area contributed by atoms with Crippen LogP contribution >= 0.6 is 27.5 Å². The lowest BCUT2D eigenvalue weighted by Crippen LogP contribution is -2.12.